The maximum atomic E-state index is 5.34. The topological polar surface area (TPSA) is 50.9 Å². The smallest absolute Gasteiger partial charge is 0.217 e. The lowest BCUT2D eigenvalue weighted by Gasteiger charge is -2.13. The molecule has 5 nitrogen and oxygen atoms in total. The Hall–Kier alpha value is -2.12. The van der Waals surface area contributed by atoms with Crippen molar-refractivity contribution >= 4 is 30.2 Å². The zero-order chi connectivity index (χ0) is 18.7. The summed E-state index contributed by atoms with van der Waals surface area (Å²) in [7, 11) is 0. The van der Waals surface area contributed by atoms with Crippen LogP contribution in [-0.4, -0.2) is 25.7 Å². The molecule has 3 aromatic rings. The standard InChI is InChI=1S/C19H23N5S2/c1-13(2)23-14(3)10-17(15(23)4)11-20-24-18(25)21-22-19(24)26-12-16-8-6-5-7-9-16/h5-11,13H,12H2,1-4H3,(H,21,25)/b20-11-. The second-order valence-corrected chi connectivity index (χ2v) is 7.76. The van der Waals surface area contributed by atoms with Crippen molar-refractivity contribution in [3.05, 3.63) is 63.7 Å². The molecule has 0 bridgehead atoms. The van der Waals surface area contributed by atoms with Gasteiger partial charge in [-0.25, -0.2) is 5.10 Å². The molecule has 0 spiro atoms. The highest BCUT2D eigenvalue weighted by molar-refractivity contribution is 7.98. The van der Waals surface area contributed by atoms with Crippen LogP contribution in [0.3, 0.4) is 0 Å². The normalized spacial score (nSPS) is 11.7. The summed E-state index contributed by atoms with van der Waals surface area (Å²) in [6, 6.07) is 12.9. The molecule has 0 saturated carbocycles. The second-order valence-electron chi connectivity index (χ2n) is 6.43. The van der Waals surface area contributed by atoms with Crippen LogP contribution in [0.1, 0.15) is 42.4 Å². The van der Waals surface area contributed by atoms with E-state index in [0.717, 1.165) is 16.5 Å². The molecular weight excluding hydrogens is 362 g/mol. The van der Waals surface area contributed by atoms with E-state index >= 15 is 0 Å². The van der Waals surface area contributed by atoms with Gasteiger partial charge in [0.25, 0.3) is 0 Å². The lowest BCUT2D eigenvalue weighted by molar-refractivity contribution is 0.574. The lowest BCUT2D eigenvalue weighted by Crippen LogP contribution is -2.05. The Morgan fingerprint density at radius 2 is 2.00 bits per heavy atom. The molecule has 0 radical (unpaired) electrons. The van der Waals surface area contributed by atoms with E-state index in [9.17, 15) is 0 Å². The monoisotopic (exact) mass is 385 g/mol. The highest BCUT2D eigenvalue weighted by Crippen LogP contribution is 2.22. The van der Waals surface area contributed by atoms with Crippen molar-refractivity contribution in [1.82, 2.24) is 19.4 Å². The van der Waals surface area contributed by atoms with Crippen LogP contribution < -0.4 is 0 Å². The molecule has 136 valence electrons. The van der Waals surface area contributed by atoms with Crippen LogP contribution in [-0.2, 0) is 5.75 Å². The summed E-state index contributed by atoms with van der Waals surface area (Å²) in [5, 5.41) is 12.5. The minimum absolute atomic E-state index is 0.422. The van der Waals surface area contributed by atoms with E-state index in [1.54, 1.807) is 16.4 Å². The van der Waals surface area contributed by atoms with Gasteiger partial charge < -0.3 is 4.57 Å². The second kappa shape index (κ2) is 8.05. The highest BCUT2D eigenvalue weighted by atomic mass is 32.2. The summed E-state index contributed by atoms with van der Waals surface area (Å²) in [5.74, 6) is 0.817. The molecule has 0 aliphatic rings. The van der Waals surface area contributed by atoms with Crippen LogP contribution in [0.4, 0.5) is 0 Å². The van der Waals surface area contributed by atoms with Gasteiger partial charge in [-0.3, -0.25) is 0 Å². The van der Waals surface area contributed by atoms with Gasteiger partial charge >= 0.3 is 0 Å². The van der Waals surface area contributed by atoms with E-state index in [-0.39, 0.29) is 0 Å². The average Bonchev–Trinajstić information content (AvgIpc) is 3.11. The van der Waals surface area contributed by atoms with Crippen molar-refractivity contribution in [2.75, 3.05) is 0 Å². The molecule has 1 N–H and O–H groups in total. The summed E-state index contributed by atoms with van der Waals surface area (Å²) >= 11 is 6.95. The average molecular weight is 386 g/mol. The number of benzene rings is 1. The molecule has 26 heavy (non-hydrogen) atoms. The zero-order valence-corrected chi connectivity index (χ0v) is 17.1. The Morgan fingerprint density at radius 1 is 1.27 bits per heavy atom. The van der Waals surface area contributed by atoms with Crippen LogP contribution >= 0.6 is 24.0 Å². The minimum Gasteiger partial charge on any atom is -0.346 e. The van der Waals surface area contributed by atoms with Crippen molar-refractivity contribution in [3.63, 3.8) is 0 Å². The largest absolute Gasteiger partial charge is 0.346 e. The van der Waals surface area contributed by atoms with Gasteiger partial charge in [0, 0.05) is 28.7 Å². The van der Waals surface area contributed by atoms with Crippen molar-refractivity contribution in [2.24, 2.45) is 5.10 Å². The van der Waals surface area contributed by atoms with Crippen molar-refractivity contribution in [2.45, 2.75) is 44.6 Å². The lowest BCUT2D eigenvalue weighted by atomic mass is 10.2. The molecule has 0 aliphatic heterocycles. The van der Waals surface area contributed by atoms with Gasteiger partial charge in [-0.2, -0.15) is 9.78 Å². The van der Waals surface area contributed by atoms with E-state index in [4.69, 9.17) is 12.2 Å². The molecule has 1 aromatic carbocycles. The predicted molar refractivity (Wildman–Crippen MR) is 111 cm³/mol. The summed E-state index contributed by atoms with van der Waals surface area (Å²) in [6.45, 7) is 8.61. The molecule has 0 saturated heterocycles. The van der Waals surface area contributed by atoms with Gasteiger partial charge in [0.15, 0.2) is 0 Å². The van der Waals surface area contributed by atoms with Crippen LogP contribution in [0.25, 0.3) is 0 Å². The number of rotatable bonds is 6. The number of H-pyrrole nitrogens is 1. The summed E-state index contributed by atoms with van der Waals surface area (Å²) in [4.78, 5) is 0. The van der Waals surface area contributed by atoms with Gasteiger partial charge in [-0.1, -0.05) is 42.1 Å². The van der Waals surface area contributed by atoms with E-state index in [1.165, 1.54) is 17.0 Å². The van der Waals surface area contributed by atoms with E-state index in [2.05, 4.69) is 65.8 Å². The summed E-state index contributed by atoms with van der Waals surface area (Å²) in [6.07, 6.45) is 1.86. The van der Waals surface area contributed by atoms with Crippen LogP contribution in [0, 0.1) is 18.6 Å². The first kappa shape index (κ1) is 18.7. The maximum Gasteiger partial charge on any atom is 0.217 e. The molecule has 0 unspecified atom stereocenters. The third kappa shape index (κ3) is 3.99. The number of nitrogens with zero attached hydrogens (tertiary/aromatic N) is 4. The zero-order valence-electron chi connectivity index (χ0n) is 15.4. The predicted octanol–water partition coefficient (Wildman–Crippen LogP) is 5.11. The number of aromatic nitrogens is 4. The first-order valence-electron chi connectivity index (χ1n) is 8.54. The molecular formula is C19H23N5S2. The van der Waals surface area contributed by atoms with Gasteiger partial charge in [0.1, 0.15) is 0 Å². The Bertz CT molecular complexity index is 964. The van der Waals surface area contributed by atoms with E-state index in [0.29, 0.717) is 10.8 Å². The summed E-state index contributed by atoms with van der Waals surface area (Å²) < 4.78 is 4.49. The Morgan fingerprint density at radius 3 is 2.65 bits per heavy atom. The number of aryl methyl sites for hydroxylation is 1. The first-order chi connectivity index (χ1) is 12.5. The quantitative estimate of drug-likeness (QED) is 0.364. The third-order valence-electron chi connectivity index (χ3n) is 4.18. The Labute approximate surface area is 163 Å². The molecule has 2 heterocycles. The van der Waals surface area contributed by atoms with Crippen molar-refractivity contribution in [1.29, 1.82) is 0 Å². The van der Waals surface area contributed by atoms with Crippen LogP contribution in [0.15, 0.2) is 46.7 Å². The van der Waals surface area contributed by atoms with Crippen LogP contribution in [0.2, 0.25) is 0 Å². The van der Waals surface area contributed by atoms with E-state index < -0.39 is 0 Å². The van der Waals surface area contributed by atoms with Crippen LogP contribution in [0.5, 0.6) is 0 Å². The SMILES string of the molecule is Cc1cc(/C=N\n2c(SCc3ccccc3)n[nH]c2=S)c(C)n1C(C)C. The van der Waals surface area contributed by atoms with Gasteiger partial charge in [-0.15, -0.1) is 5.10 Å². The fourth-order valence-corrected chi connectivity index (χ4v) is 4.14. The molecule has 0 atom stereocenters. The fraction of sp³-hybridized carbons (Fsp3) is 0.316. The number of thioether (sulfide) groups is 1. The maximum absolute atomic E-state index is 5.34. The molecule has 7 heteroatoms. The van der Waals surface area contributed by atoms with Gasteiger partial charge in [-0.05, 0) is 51.5 Å². The highest BCUT2D eigenvalue weighted by Gasteiger charge is 2.11. The fourth-order valence-electron chi connectivity index (χ4n) is 3.04. The number of aromatic amines is 1. The van der Waals surface area contributed by atoms with E-state index in [1.807, 2.05) is 24.4 Å². The number of hydrogen-bond acceptors (Lipinski definition) is 4. The Kier molecular flexibility index (Phi) is 5.78. The molecule has 0 aliphatic carbocycles. The van der Waals surface area contributed by atoms with Gasteiger partial charge in [0.05, 0.1) is 6.21 Å². The minimum atomic E-state index is 0.422. The molecule has 3 rings (SSSR count). The molecule has 0 amide bonds. The molecule has 0 fully saturated rings. The van der Waals surface area contributed by atoms with Gasteiger partial charge in [0.2, 0.25) is 9.93 Å². The Balaban J connectivity index is 1.82. The third-order valence-corrected chi connectivity index (χ3v) is 5.45. The first-order valence-corrected chi connectivity index (χ1v) is 9.93. The summed E-state index contributed by atoms with van der Waals surface area (Å²) in [5.41, 5.74) is 4.77. The number of nitrogens with one attached hydrogen (secondary N) is 1. The van der Waals surface area contributed by atoms with Crippen molar-refractivity contribution < 1.29 is 0 Å². The number of hydrogen-bond donors (Lipinski definition) is 1. The molecule has 2 aromatic heterocycles. The van der Waals surface area contributed by atoms with Crippen molar-refractivity contribution in [3.8, 4) is 0 Å².